The molecule has 0 amide bonds. The van der Waals surface area contributed by atoms with E-state index in [9.17, 15) is 0 Å². The second-order valence-corrected chi connectivity index (χ2v) is 7.42. The van der Waals surface area contributed by atoms with Gasteiger partial charge in [-0.05, 0) is 30.7 Å². The fourth-order valence-electron chi connectivity index (χ4n) is 2.63. The van der Waals surface area contributed by atoms with Crippen LogP contribution in [0.1, 0.15) is 18.7 Å². The molecule has 1 unspecified atom stereocenters. The van der Waals surface area contributed by atoms with E-state index in [-0.39, 0.29) is 0 Å². The Labute approximate surface area is 156 Å². The molecule has 134 valence electrons. The van der Waals surface area contributed by atoms with Crippen molar-refractivity contribution in [3.8, 4) is 11.4 Å². The Hall–Kier alpha value is -1.73. The molecule has 6 nitrogen and oxygen atoms in total. The van der Waals surface area contributed by atoms with Crippen LogP contribution in [0.25, 0.3) is 11.4 Å². The average molecular weight is 380 g/mol. The van der Waals surface area contributed by atoms with Crippen molar-refractivity contribution in [3.63, 3.8) is 0 Å². The largest absolute Gasteiger partial charge is 0.356 e. The predicted molar refractivity (Wildman–Crippen MR) is 103 cm³/mol. The average Bonchev–Trinajstić information content (AvgIpc) is 3.11. The summed E-state index contributed by atoms with van der Waals surface area (Å²) in [6.45, 7) is 0.677. The zero-order chi connectivity index (χ0) is 17.5. The molecular formula is C17H22ClN5OS. The van der Waals surface area contributed by atoms with Crippen LogP contribution in [0.5, 0.6) is 0 Å². The number of hydrogen-bond donors (Lipinski definition) is 2. The maximum atomic E-state index is 6.00. The van der Waals surface area contributed by atoms with E-state index in [1.807, 2.05) is 36.0 Å². The lowest BCUT2D eigenvalue weighted by Gasteiger charge is -2.24. The summed E-state index contributed by atoms with van der Waals surface area (Å²) in [6, 6.07) is 7.91. The van der Waals surface area contributed by atoms with Crippen LogP contribution in [0.3, 0.4) is 0 Å². The van der Waals surface area contributed by atoms with Crippen LogP contribution < -0.4 is 10.6 Å². The van der Waals surface area contributed by atoms with Crippen molar-refractivity contribution in [3.05, 3.63) is 35.2 Å². The van der Waals surface area contributed by atoms with E-state index in [1.54, 1.807) is 7.05 Å². The van der Waals surface area contributed by atoms with Crippen molar-refractivity contribution < 1.29 is 4.52 Å². The van der Waals surface area contributed by atoms with Crippen LogP contribution in [-0.2, 0) is 6.42 Å². The number of rotatable bonds is 5. The third-order valence-electron chi connectivity index (χ3n) is 3.91. The highest BCUT2D eigenvalue weighted by Crippen LogP contribution is 2.20. The summed E-state index contributed by atoms with van der Waals surface area (Å²) in [5.74, 6) is 4.36. The standard InChI is InChI=1S/C17H22ClN5OS/c1-19-17(21-14-6-3-9-25-11-14)20-8-7-15-22-16(23-24-15)12-4-2-5-13(18)10-12/h2,4-5,10,14H,3,6-9,11H2,1H3,(H2,19,20,21). The predicted octanol–water partition coefficient (Wildman–Crippen LogP) is 2.99. The number of nitrogens with one attached hydrogen (secondary N) is 2. The van der Waals surface area contributed by atoms with Gasteiger partial charge < -0.3 is 15.2 Å². The zero-order valence-corrected chi connectivity index (χ0v) is 15.7. The van der Waals surface area contributed by atoms with Crippen LogP contribution in [0, 0.1) is 0 Å². The van der Waals surface area contributed by atoms with Crippen molar-refractivity contribution >= 4 is 29.3 Å². The number of hydrogen-bond acceptors (Lipinski definition) is 5. The van der Waals surface area contributed by atoms with E-state index >= 15 is 0 Å². The number of benzene rings is 1. The third-order valence-corrected chi connectivity index (χ3v) is 5.36. The molecule has 0 radical (unpaired) electrons. The van der Waals surface area contributed by atoms with Gasteiger partial charge in [0.15, 0.2) is 5.96 Å². The van der Waals surface area contributed by atoms with Crippen molar-refractivity contribution in [2.24, 2.45) is 4.99 Å². The minimum Gasteiger partial charge on any atom is -0.356 e. The van der Waals surface area contributed by atoms with Gasteiger partial charge in [0.25, 0.3) is 0 Å². The van der Waals surface area contributed by atoms with Crippen LogP contribution in [0.2, 0.25) is 5.02 Å². The fraction of sp³-hybridized carbons (Fsp3) is 0.471. The molecule has 1 atom stereocenters. The fourth-order valence-corrected chi connectivity index (χ4v) is 3.89. The molecule has 1 fully saturated rings. The van der Waals surface area contributed by atoms with Crippen LogP contribution in [0.4, 0.5) is 0 Å². The number of halogens is 1. The first-order valence-electron chi connectivity index (χ1n) is 8.38. The SMILES string of the molecule is CN=C(NCCc1nc(-c2cccc(Cl)c2)no1)NC1CCCSC1. The van der Waals surface area contributed by atoms with Crippen molar-refractivity contribution in [2.75, 3.05) is 25.1 Å². The number of nitrogens with zero attached hydrogens (tertiary/aromatic N) is 3. The first kappa shape index (κ1) is 18.1. The summed E-state index contributed by atoms with van der Waals surface area (Å²) >= 11 is 7.99. The Morgan fingerprint density at radius 1 is 1.48 bits per heavy atom. The summed E-state index contributed by atoms with van der Waals surface area (Å²) in [7, 11) is 1.79. The van der Waals surface area contributed by atoms with Gasteiger partial charge in [-0.2, -0.15) is 16.7 Å². The summed E-state index contributed by atoms with van der Waals surface area (Å²) in [5.41, 5.74) is 0.850. The molecule has 8 heteroatoms. The first-order valence-corrected chi connectivity index (χ1v) is 9.91. The van der Waals surface area contributed by atoms with E-state index in [1.165, 1.54) is 18.6 Å². The Morgan fingerprint density at radius 3 is 3.16 bits per heavy atom. The molecule has 0 saturated carbocycles. The van der Waals surface area contributed by atoms with Gasteiger partial charge in [0.05, 0.1) is 0 Å². The topological polar surface area (TPSA) is 75.3 Å². The molecule has 1 aliphatic heterocycles. The van der Waals surface area contributed by atoms with Gasteiger partial charge in [-0.3, -0.25) is 4.99 Å². The van der Waals surface area contributed by atoms with Gasteiger partial charge in [-0.1, -0.05) is 28.9 Å². The van der Waals surface area contributed by atoms with E-state index in [4.69, 9.17) is 16.1 Å². The molecule has 2 heterocycles. The zero-order valence-electron chi connectivity index (χ0n) is 14.2. The molecule has 2 N–H and O–H groups in total. The van der Waals surface area contributed by atoms with E-state index in [0.717, 1.165) is 17.3 Å². The lowest BCUT2D eigenvalue weighted by Crippen LogP contribution is -2.46. The Morgan fingerprint density at radius 2 is 2.40 bits per heavy atom. The summed E-state index contributed by atoms with van der Waals surface area (Å²) in [5, 5.41) is 11.4. The summed E-state index contributed by atoms with van der Waals surface area (Å²) < 4.78 is 5.32. The normalized spacial score (nSPS) is 18.2. The van der Waals surface area contributed by atoms with Crippen LogP contribution in [-0.4, -0.2) is 47.2 Å². The monoisotopic (exact) mass is 379 g/mol. The van der Waals surface area contributed by atoms with Gasteiger partial charge in [-0.15, -0.1) is 0 Å². The number of aromatic nitrogens is 2. The molecular weight excluding hydrogens is 358 g/mol. The smallest absolute Gasteiger partial charge is 0.228 e. The highest BCUT2D eigenvalue weighted by Gasteiger charge is 2.15. The van der Waals surface area contributed by atoms with E-state index in [2.05, 4.69) is 25.8 Å². The lowest BCUT2D eigenvalue weighted by molar-refractivity contribution is 0.378. The van der Waals surface area contributed by atoms with Gasteiger partial charge in [0.2, 0.25) is 11.7 Å². The molecule has 25 heavy (non-hydrogen) atoms. The molecule has 2 aromatic rings. The molecule has 0 bridgehead atoms. The molecule has 0 aliphatic carbocycles. The quantitative estimate of drug-likeness (QED) is 0.614. The highest BCUT2D eigenvalue weighted by molar-refractivity contribution is 7.99. The Bertz CT molecular complexity index is 715. The summed E-state index contributed by atoms with van der Waals surface area (Å²) in [6.07, 6.45) is 3.08. The van der Waals surface area contributed by atoms with Crippen molar-refractivity contribution in [1.29, 1.82) is 0 Å². The Balaban J connectivity index is 1.48. The molecule has 0 spiro atoms. The first-order chi connectivity index (χ1) is 12.2. The molecule has 1 aliphatic rings. The van der Waals surface area contributed by atoms with Crippen molar-refractivity contribution in [1.82, 2.24) is 20.8 Å². The molecule has 1 saturated heterocycles. The van der Waals surface area contributed by atoms with Gasteiger partial charge in [0, 0.05) is 42.4 Å². The molecule has 1 aromatic carbocycles. The molecule has 3 rings (SSSR count). The molecule has 1 aromatic heterocycles. The van der Waals surface area contributed by atoms with E-state index < -0.39 is 0 Å². The maximum absolute atomic E-state index is 6.00. The lowest BCUT2D eigenvalue weighted by atomic mass is 10.2. The number of guanidine groups is 1. The summed E-state index contributed by atoms with van der Waals surface area (Å²) in [4.78, 5) is 8.70. The van der Waals surface area contributed by atoms with Crippen molar-refractivity contribution in [2.45, 2.75) is 25.3 Å². The van der Waals surface area contributed by atoms with Crippen LogP contribution in [0.15, 0.2) is 33.8 Å². The minimum absolute atomic E-state index is 0.489. The Kier molecular flexibility index (Phi) is 6.58. The highest BCUT2D eigenvalue weighted by atomic mass is 35.5. The van der Waals surface area contributed by atoms with Gasteiger partial charge in [-0.25, -0.2) is 0 Å². The van der Waals surface area contributed by atoms with Crippen LogP contribution >= 0.6 is 23.4 Å². The third kappa shape index (κ3) is 5.37. The minimum atomic E-state index is 0.489. The second-order valence-electron chi connectivity index (χ2n) is 5.83. The maximum Gasteiger partial charge on any atom is 0.228 e. The number of thioether (sulfide) groups is 1. The number of aliphatic imine (C=N–C) groups is 1. The van der Waals surface area contributed by atoms with Gasteiger partial charge >= 0.3 is 0 Å². The second kappa shape index (κ2) is 9.10. The van der Waals surface area contributed by atoms with E-state index in [0.29, 0.717) is 35.7 Å². The van der Waals surface area contributed by atoms with Gasteiger partial charge in [0.1, 0.15) is 0 Å².